The Hall–Kier alpha value is -2.04. The number of likely N-dealkylation sites (N-methyl/N-ethyl adjacent to an activating group) is 1. The second-order valence-corrected chi connectivity index (χ2v) is 4.33. The third kappa shape index (κ3) is 2.45. The summed E-state index contributed by atoms with van der Waals surface area (Å²) in [6, 6.07) is 5.58. The van der Waals surface area contributed by atoms with E-state index in [0.717, 1.165) is 24.2 Å². The summed E-state index contributed by atoms with van der Waals surface area (Å²) in [5, 5.41) is 3.24. The van der Waals surface area contributed by atoms with Gasteiger partial charge < -0.3 is 16.0 Å². The Kier molecular flexibility index (Phi) is 3.50. The zero-order valence-corrected chi connectivity index (χ0v) is 10.4. The van der Waals surface area contributed by atoms with Gasteiger partial charge >= 0.3 is 0 Å². The molecule has 1 heterocycles. The quantitative estimate of drug-likeness (QED) is 0.818. The summed E-state index contributed by atoms with van der Waals surface area (Å²) in [5.41, 5.74) is 7.98. The SMILES string of the molecule is CCN(CC(N)=O)C(=O)c1ccc2c(c1)CCN2. The summed E-state index contributed by atoms with van der Waals surface area (Å²) in [4.78, 5) is 24.6. The predicted molar refractivity (Wildman–Crippen MR) is 69.4 cm³/mol. The van der Waals surface area contributed by atoms with Crippen LogP contribution in [0.5, 0.6) is 0 Å². The first-order valence-corrected chi connectivity index (χ1v) is 6.06. The molecule has 0 bridgehead atoms. The lowest BCUT2D eigenvalue weighted by atomic mass is 10.1. The van der Waals surface area contributed by atoms with E-state index in [-0.39, 0.29) is 12.5 Å². The second-order valence-electron chi connectivity index (χ2n) is 4.33. The lowest BCUT2D eigenvalue weighted by Gasteiger charge is -2.19. The molecule has 2 amide bonds. The number of hydrogen-bond acceptors (Lipinski definition) is 3. The topological polar surface area (TPSA) is 75.4 Å². The third-order valence-corrected chi connectivity index (χ3v) is 3.08. The molecule has 96 valence electrons. The number of amides is 2. The molecule has 1 aliphatic rings. The number of fused-ring (bicyclic) bond motifs is 1. The van der Waals surface area contributed by atoms with Crippen molar-refractivity contribution in [2.75, 3.05) is 25.0 Å². The van der Waals surface area contributed by atoms with Gasteiger partial charge in [0.1, 0.15) is 0 Å². The van der Waals surface area contributed by atoms with Gasteiger partial charge in [-0.25, -0.2) is 0 Å². The normalized spacial score (nSPS) is 12.7. The Morgan fingerprint density at radius 3 is 2.89 bits per heavy atom. The molecule has 0 fully saturated rings. The number of carbonyl (C=O) groups excluding carboxylic acids is 2. The molecule has 0 atom stereocenters. The smallest absolute Gasteiger partial charge is 0.254 e. The molecule has 3 N–H and O–H groups in total. The third-order valence-electron chi connectivity index (χ3n) is 3.08. The molecule has 1 aromatic rings. The van der Waals surface area contributed by atoms with Gasteiger partial charge in [0.2, 0.25) is 5.91 Å². The molecule has 1 aromatic carbocycles. The van der Waals surface area contributed by atoms with Crippen LogP contribution in [0.4, 0.5) is 5.69 Å². The number of anilines is 1. The van der Waals surface area contributed by atoms with E-state index in [1.807, 2.05) is 19.1 Å². The standard InChI is InChI=1S/C13H17N3O2/c1-2-16(8-12(14)17)13(18)10-3-4-11-9(7-10)5-6-15-11/h3-4,7,15H,2,5-6,8H2,1H3,(H2,14,17). The van der Waals surface area contributed by atoms with Gasteiger partial charge in [0.05, 0.1) is 6.54 Å². The number of nitrogens with zero attached hydrogens (tertiary/aromatic N) is 1. The van der Waals surface area contributed by atoms with Crippen molar-refractivity contribution in [1.82, 2.24) is 4.90 Å². The van der Waals surface area contributed by atoms with Crippen LogP contribution in [-0.2, 0) is 11.2 Å². The Bertz CT molecular complexity index is 485. The fraction of sp³-hybridized carbons (Fsp3) is 0.385. The van der Waals surface area contributed by atoms with E-state index in [0.29, 0.717) is 12.1 Å². The van der Waals surface area contributed by atoms with Crippen molar-refractivity contribution < 1.29 is 9.59 Å². The van der Waals surface area contributed by atoms with Crippen LogP contribution in [0.1, 0.15) is 22.8 Å². The van der Waals surface area contributed by atoms with Gasteiger partial charge in [-0.15, -0.1) is 0 Å². The maximum absolute atomic E-state index is 12.2. The number of nitrogens with two attached hydrogens (primary N) is 1. The summed E-state index contributed by atoms with van der Waals surface area (Å²) in [6.07, 6.45) is 0.929. The van der Waals surface area contributed by atoms with Gasteiger partial charge in [0.25, 0.3) is 5.91 Å². The van der Waals surface area contributed by atoms with Crippen LogP contribution in [0, 0.1) is 0 Å². The number of nitrogens with one attached hydrogen (secondary N) is 1. The molecule has 0 radical (unpaired) electrons. The van der Waals surface area contributed by atoms with E-state index in [9.17, 15) is 9.59 Å². The number of carbonyl (C=O) groups is 2. The molecule has 1 aliphatic heterocycles. The van der Waals surface area contributed by atoms with Crippen molar-refractivity contribution in [2.45, 2.75) is 13.3 Å². The molecule has 18 heavy (non-hydrogen) atoms. The Morgan fingerprint density at radius 1 is 1.44 bits per heavy atom. The van der Waals surface area contributed by atoms with E-state index in [4.69, 9.17) is 5.73 Å². The first-order valence-electron chi connectivity index (χ1n) is 6.06. The van der Waals surface area contributed by atoms with E-state index < -0.39 is 5.91 Å². The van der Waals surface area contributed by atoms with Gasteiger partial charge in [-0.3, -0.25) is 9.59 Å². The predicted octanol–water partition coefficient (Wildman–Crippen LogP) is 0.602. The summed E-state index contributed by atoms with van der Waals surface area (Å²) in [6.45, 7) is 3.17. The molecule has 5 heteroatoms. The Balaban J connectivity index is 2.19. The molecule has 2 rings (SSSR count). The van der Waals surface area contributed by atoms with Crippen molar-refractivity contribution in [2.24, 2.45) is 5.73 Å². The van der Waals surface area contributed by atoms with Gasteiger partial charge in [0, 0.05) is 24.3 Å². The number of hydrogen-bond donors (Lipinski definition) is 2. The molecule has 0 unspecified atom stereocenters. The van der Waals surface area contributed by atoms with Crippen LogP contribution in [0.2, 0.25) is 0 Å². The molecular weight excluding hydrogens is 230 g/mol. The zero-order chi connectivity index (χ0) is 13.1. The number of primary amides is 1. The lowest BCUT2D eigenvalue weighted by molar-refractivity contribution is -0.118. The summed E-state index contributed by atoms with van der Waals surface area (Å²) in [7, 11) is 0. The maximum atomic E-state index is 12.2. The number of benzene rings is 1. The van der Waals surface area contributed by atoms with Gasteiger partial charge in [-0.2, -0.15) is 0 Å². The van der Waals surface area contributed by atoms with Crippen LogP contribution in [0.3, 0.4) is 0 Å². The van der Waals surface area contributed by atoms with Crippen molar-refractivity contribution >= 4 is 17.5 Å². The van der Waals surface area contributed by atoms with Crippen LogP contribution in [0.15, 0.2) is 18.2 Å². The Morgan fingerprint density at radius 2 is 2.22 bits per heavy atom. The van der Waals surface area contributed by atoms with Crippen molar-refractivity contribution in [3.8, 4) is 0 Å². The zero-order valence-electron chi connectivity index (χ0n) is 10.4. The highest BCUT2D eigenvalue weighted by Gasteiger charge is 2.18. The minimum absolute atomic E-state index is 0.0370. The minimum atomic E-state index is -0.493. The highest BCUT2D eigenvalue weighted by atomic mass is 16.2. The summed E-state index contributed by atoms with van der Waals surface area (Å²) in [5.74, 6) is -0.640. The first-order chi connectivity index (χ1) is 8.61. The first kappa shape index (κ1) is 12.4. The van der Waals surface area contributed by atoms with Gasteiger partial charge in [0.15, 0.2) is 0 Å². The molecule has 5 nitrogen and oxygen atoms in total. The molecule has 0 saturated carbocycles. The lowest BCUT2D eigenvalue weighted by Crippen LogP contribution is -2.38. The minimum Gasteiger partial charge on any atom is -0.384 e. The summed E-state index contributed by atoms with van der Waals surface area (Å²) < 4.78 is 0. The highest BCUT2D eigenvalue weighted by molar-refractivity contribution is 5.97. The average Bonchev–Trinajstić information content (AvgIpc) is 2.81. The van der Waals surface area contributed by atoms with E-state index in [1.54, 1.807) is 6.07 Å². The van der Waals surface area contributed by atoms with Crippen molar-refractivity contribution in [3.63, 3.8) is 0 Å². The van der Waals surface area contributed by atoms with Crippen LogP contribution >= 0.6 is 0 Å². The van der Waals surface area contributed by atoms with Crippen LogP contribution in [-0.4, -0.2) is 36.3 Å². The molecule has 0 aromatic heterocycles. The van der Waals surface area contributed by atoms with Crippen LogP contribution in [0.25, 0.3) is 0 Å². The van der Waals surface area contributed by atoms with E-state index in [1.165, 1.54) is 4.90 Å². The maximum Gasteiger partial charge on any atom is 0.254 e. The highest BCUT2D eigenvalue weighted by Crippen LogP contribution is 2.23. The second kappa shape index (κ2) is 5.08. The largest absolute Gasteiger partial charge is 0.384 e. The monoisotopic (exact) mass is 247 g/mol. The van der Waals surface area contributed by atoms with Crippen molar-refractivity contribution in [3.05, 3.63) is 29.3 Å². The molecule has 0 saturated heterocycles. The summed E-state index contributed by atoms with van der Waals surface area (Å²) >= 11 is 0. The van der Waals surface area contributed by atoms with E-state index in [2.05, 4.69) is 5.32 Å². The van der Waals surface area contributed by atoms with Gasteiger partial charge in [-0.05, 0) is 37.1 Å². The fourth-order valence-electron chi connectivity index (χ4n) is 2.14. The van der Waals surface area contributed by atoms with E-state index >= 15 is 0 Å². The fourth-order valence-corrected chi connectivity index (χ4v) is 2.14. The van der Waals surface area contributed by atoms with Crippen molar-refractivity contribution in [1.29, 1.82) is 0 Å². The van der Waals surface area contributed by atoms with Gasteiger partial charge in [-0.1, -0.05) is 0 Å². The molecule has 0 aliphatic carbocycles. The molecular formula is C13H17N3O2. The Labute approximate surface area is 106 Å². The molecule has 0 spiro atoms. The van der Waals surface area contributed by atoms with Crippen LogP contribution < -0.4 is 11.1 Å². The average molecular weight is 247 g/mol. The number of rotatable bonds is 4.